The molecule has 0 spiro atoms. The summed E-state index contributed by atoms with van der Waals surface area (Å²) < 4.78 is 23.4. The molecule has 1 aromatic rings. The normalized spacial score (nSPS) is 12.4. The minimum Gasteiger partial charge on any atom is -0.480 e. The van der Waals surface area contributed by atoms with Gasteiger partial charge in [-0.05, 0) is 37.0 Å². The van der Waals surface area contributed by atoms with Crippen LogP contribution >= 0.6 is 0 Å². The summed E-state index contributed by atoms with van der Waals surface area (Å²) in [7, 11) is -3.23. The molecule has 0 aromatic heterocycles. The van der Waals surface area contributed by atoms with Gasteiger partial charge < -0.3 is 10.4 Å². The maximum atomic E-state index is 11.9. The third kappa shape index (κ3) is 6.16. The molecule has 0 saturated carbocycles. The van der Waals surface area contributed by atoms with Gasteiger partial charge in [-0.25, -0.2) is 13.2 Å². The number of nitrogens with one attached hydrogen (secondary N) is 1. The number of benzene rings is 1. The van der Waals surface area contributed by atoms with Crippen LogP contribution in [-0.4, -0.2) is 37.2 Å². The third-order valence-electron chi connectivity index (χ3n) is 3.60. The Bertz CT molecular complexity index is 679. The van der Waals surface area contributed by atoms with Crippen molar-refractivity contribution in [3.63, 3.8) is 0 Å². The summed E-state index contributed by atoms with van der Waals surface area (Å²) >= 11 is 0. The molecule has 132 valence electrons. The lowest BCUT2D eigenvalue weighted by Gasteiger charge is -2.13. The number of carbonyl (C=O) groups is 2. The van der Waals surface area contributed by atoms with Crippen molar-refractivity contribution in [2.45, 2.75) is 43.5 Å². The summed E-state index contributed by atoms with van der Waals surface area (Å²) in [6.07, 6.45) is 2.95. The fourth-order valence-electron chi connectivity index (χ4n) is 2.10. The van der Waals surface area contributed by atoms with Crippen molar-refractivity contribution in [3.8, 4) is 0 Å². The van der Waals surface area contributed by atoms with Crippen molar-refractivity contribution in [2.24, 2.45) is 0 Å². The summed E-state index contributed by atoms with van der Waals surface area (Å²) in [4.78, 5) is 23.2. The lowest BCUT2D eigenvalue weighted by molar-refractivity contribution is -0.142. The number of amides is 1. The van der Waals surface area contributed by atoms with Crippen LogP contribution in [0.3, 0.4) is 0 Å². The van der Waals surface area contributed by atoms with Crippen LogP contribution in [0.2, 0.25) is 0 Å². The average Bonchev–Trinajstić information content (AvgIpc) is 2.56. The van der Waals surface area contributed by atoms with Crippen molar-refractivity contribution in [2.75, 3.05) is 5.75 Å². The second-order valence-electron chi connectivity index (χ2n) is 5.37. The predicted octanol–water partition coefficient (Wildman–Crippen LogP) is 1.95. The number of hydrogen-bond donors (Lipinski definition) is 2. The van der Waals surface area contributed by atoms with E-state index in [0.29, 0.717) is 19.3 Å². The number of carboxylic acid groups (broad SMARTS) is 1. The molecule has 0 aliphatic heterocycles. The fraction of sp³-hybridized carbons (Fsp3) is 0.412. The summed E-state index contributed by atoms with van der Waals surface area (Å²) in [5.41, 5.74) is 0.818. The monoisotopic (exact) mass is 353 g/mol. The maximum absolute atomic E-state index is 11.9. The van der Waals surface area contributed by atoms with Crippen LogP contribution in [0.5, 0.6) is 0 Å². The molecule has 1 unspecified atom stereocenters. The molecule has 1 amide bonds. The first kappa shape index (κ1) is 19.9. The summed E-state index contributed by atoms with van der Waals surface area (Å²) in [6.45, 7) is 5.11. The minimum absolute atomic E-state index is 0.0377. The average molecular weight is 353 g/mol. The Kier molecular flexibility index (Phi) is 7.64. The second kappa shape index (κ2) is 9.22. The van der Waals surface area contributed by atoms with Crippen molar-refractivity contribution in [1.82, 2.24) is 5.32 Å². The number of carboxylic acids is 1. The third-order valence-corrected chi connectivity index (χ3v) is 5.35. The molecule has 24 heavy (non-hydrogen) atoms. The molecule has 0 radical (unpaired) electrons. The van der Waals surface area contributed by atoms with Gasteiger partial charge in [0.05, 0.1) is 10.6 Å². The van der Waals surface area contributed by atoms with E-state index in [2.05, 4.69) is 11.9 Å². The summed E-state index contributed by atoms with van der Waals surface area (Å²) in [6, 6.07) is 5.46. The number of carbonyl (C=O) groups excluding carboxylic acids is 1. The fourth-order valence-corrected chi connectivity index (χ4v) is 2.98. The molecule has 0 aliphatic rings. The van der Waals surface area contributed by atoms with Crippen molar-refractivity contribution >= 4 is 21.7 Å². The van der Waals surface area contributed by atoms with E-state index in [-0.39, 0.29) is 23.0 Å². The van der Waals surface area contributed by atoms with Gasteiger partial charge in [0.25, 0.3) is 0 Å². The molecular formula is C17H23NO5S. The van der Waals surface area contributed by atoms with Gasteiger partial charge in [-0.15, -0.1) is 6.58 Å². The van der Waals surface area contributed by atoms with E-state index in [4.69, 9.17) is 5.11 Å². The van der Waals surface area contributed by atoms with Crippen LogP contribution in [0.25, 0.3) is 0 Å². The zero-order chi connectivity index (χ0) is 18.2. The molecular weight excluding hydrogens is 330 g/mol. The van der Waals surface area contributed by atoms with E-state index in [1.807, 2.05) is 0 Å². The topological polar surface area (TPSA) is 101 Å². The molecule has 0 heterocycles. The maximum Gasteiger partial charge on any atom is 0.326 e. The van der Waals surface area contributed by atoms with Gasteiger partial charge in [-0.1, -0.05) is 25.1 Å². The van der Waals surface area contributed by atoms with Crippen LogP contribution in [0.15, 0.2) is 41.8 Å². The molecule has 0 aliphatic carbocycles. The van der Waals surface area contributed by atoms with E-state index >= 15 is 0 Å². The molecule has 0 bridgehead atoms. The first-order valence-electron chi connectivity index (χ1n) is 7.75. The Morgan fingerprint density at radius 1 is 1.29 bits per heavy atom. The smallest absolute Gasteiger partial charge is 0.326 e. The SMILES string of the molecule is C=CCCC(NC(=O)CCc1ccc(S(=O)(=O)CC)cc1)C(=O)O. The van der Waals surface area contributed by atoms with Crippen LogP contribution in [0.4, 0.5) is 0 Å². The van der Waals surface area contributed by atoms with E-state index in [9.17, 15) is 18.0 Å². The van der Waals surface area contributed by atoms with Crippen LogP contribution < -0.4 is 5.32 Å². The van der Waals surface area contributed by atoms with Gasteiger partial charge in [-0.3, -0.25) is 4.79 Å². The number of rotatable bonds is 10. The Morgan fingerprint density at radius 3 is 2.42 bits per heavy atom. The zero-order valence-corrected chi connectivity index (χ0v) is 14.5. The number of allylic oxidation sites excluding steroid dienone is 1. The second-order valence-corrected chi connectivity index (χ2v) is 7.65. The van der Waals surface area contributed by atoms with Crippen molar-refractivity contribution in [3.05, 3.63) is 42.5 Å². The van der Waals surface area contributed by atoms with Crippen LogP contribution in [0, 0.1) is 0 Å². The lowest BCUT2D eigenvalue weighted by Crippen LogP contribution is -2.40. The highest BCUT2D eigenvalue weighted by molar-refractivity contribution is 7.91. The van der Waals surface area contributed by atoms with Crippen molar-refractivity contribution < 1.29 is 23.1 Å². The molecule has 1 atom stereocenters. The Morgan fingerprint density at radius 2 is 1.92 bits per heavy atom. The van der Waals surface area contributed by atoms with Gasteiger partial charge >= 0.3 is 5.97 Å². The summed E-state index contributed by atoms with van der Waals surface area (Å²) in [5.74, 6) is -1.38. The Hall–Kier alpha value is -2.15. The predicted molar refractivity (Wildman–Crippen MR) is 91.5 cm³/mol. The molecule has 1 aromatic carbocycles. The zero-order valence-electron chi connectivity index (χ0n) is 13.7. The minimum atomic E-state index is -3.23. The van der Waals surface area contributed by atoms with Gasteiger partial charge in [0, 0.05) is 6.42 Å². The highest BCUT2D eigenvalue weighted by Gasteiger charge is 2.18. The molecule has 6 nitrogen and oxygen atoms in total. The molecule has 0 fully saturated rings. The Labute approximate surface area is 142 Å². The van der Waals surface area contributed by atoms with Crippen molar-refractivity contribution in [1.29, 1.82) is 0 Å². The lowest BCUT2D eigenvalue weighted by atomic mass is 10.1. The van der Waals surface area contributed by atoms with Gasteiger partial charge in [-0.2, -0.15) is 0 Å². The molecule has 2 N–H and O–H groups in total. The van der Waals surface area contributed by atoms with E-state index in [1.165, 1.54) is 12.1 Å². The van der Waals surface area contributed by atoms with E-state index in [1.54, 1.807) is 25.1 Å². The molecule has 7 heteroatoms. The Balaban J connectivity index is 2.57. The van der Waals surface area contributed by atoms with Gasteiger partial charge in [0.1, 0.15) is 6.04 Å². The van der Waals surface area contributed by atoms with Crippen LogP contribution in [0.1, 0.15) is 31.7 Å². The largest absolute Gasteiger partial charge is 0.480 e. The molecule has 0 saturated heterocycles. The number of aliphatic carboxylic acids is 1. The first-order chi connectivity index (χ1) is 11.3. The number of sulfone groups is 1. The number of aryl methyl sites for hydroxylation is 1. The summed E-state index contributed by atoms with van der Waals surface area (Å²) in [5, 5.41) is 11.5. The molecule has 1 rings (SSSR count). The highest BCUT2D eigenvalue weighted by atomic mass is 32.2. The van der Waals surface area contributed by atoms with E-state index in [0.717, 1.165) is 5.56 Å². The van der Waals surface area contributed by atoms with Gasteiger partial charge in [0.2, 0.25) is 5.91 Å². The number of hydrogen-bond acceptors (Lipinski definition) is 4. The highest BCUT2D eigenvalue weighted by Crippen LogP contribution is 2.13. The van der Waals surface area contributed by atoms with E-state index < -0.39 is 21.8 Å². The van der Waals surface area contributed by atoms with Gasteiger partial charge in [0.15, 0.2) is 9.84 Å². The quantitative estimate of drug-likeness (QED) is 0.626. The van der Waals surface area contributed by atoms with Crippen LogP contribution in [-0.2, 0) is 25.8 Å². The standard InChI is InChI=1S/C17H23NO5S/c1-3-5-6-15(17(20)21)18-16(19)12-9-13-7-10-14(11-8-13)24(22,23)4-2/h3,7-8,10-11,15H,1,4-6,9,12H2,2H3,(H,18,19)(H,20,21). The first-order valence-corrected chi connectivity index (χ1v) is 9.40.